The van der Waals surface area contributed by atoms with E-state index in [-0.39, 0.29) is 18.1 Å². The van der Waals surface area contributed by atoms with Gasteiger partial charge in [0.15, 0.2) is 0 Å². The maximum Gasteiger partial charge on any atom is 0.329 e. The van der Waals surface area contributed by atoms with Crippen LogP contribution in [0.1, 0.15) is 5.56 Å². The van der Waals surface area contributed by atoms with Gasteiger partial charge >= 0.3 is 5.69 Å². The molecule has 23 heavy (non-hydrogen) atoms. The van der Waals surface area contributed by atoms with Crippen molar-refractivity contribution in [2.75, 3.05) is 5.32 Å². The third-order valence-electron chi connectivity index (χ3n) is 3.83. The Morgan fingerprint density at radius 1 is 1.17 bits per heavy atom. The summed E-state index contributed by atoms with van der Waals surface area (Å²) >= 11 is 3.39. The Labute approximate surface area is 141 Å². The first kappa shape index (κ1) is 15.6. The molecule has 0 spiro atoms. The van der Waals surface area contributed by atoms with Gasteiger partial charge in [-0.25, -0.2) is 4.79 Å². The van der Waals surface area contributed by atoms with Crippen LogP contribution in [-0.4, -0.2) is 15.0 Å². The first-order chi connectivity index (χ1) is 11.0. The van der Waals surface area contributed by atoms with Crippen molar-refractivity contribution in [3.8, 4) is 0 Å². The Hall–Kier alpha value is -2.34. The molecular weight excluding hydrogens is 358 g/mol. The molecule has 3 rings (SSSR count). The van der Waals surface area contributed by atoms with Gasteiger partial charge in [-0.3, -0.25) is 13.9 Å². The van der Waals surface area contributed by atoms with Gasteiger partial charge in [-0.05, 0) is 36.8 Å². The number of imidazole rings is 1. The number of fused-ring (bicyclic) bond motifs is 1. The van der Waals surface area contributed by atoms with Crippen molar-refractivity contribution in [2.45, 2.75) is 13.5 Å². The van der Waals surface area contributed by atoms with Gasteiger partial charge < -0.3 is 5.32 Å². The highest BCUT2D eigenvalue weighted by Gasteiger charge is 2.13. The number of anilines is 1. The zero-order chi connectivity index (χ0) is 16.6. The van der Waals surface area contributed by atoms with Crippen molar-refractivity contribution < 1.29 is 4.79 Å². The number of amides is 1. The summed E-state index contributed by atoms with van der Waals surface area (Å²) < 4.78 is 3.92. The summed E-state index contributed by atoms with van der Waals surface area (Å²) in [5, 5.41) is 2.86. The Kier molecular flexibility index (Phi) is 4.09. The topological polar surface area (TPSA) is 56.0 Å². The van der Waals surface area contributed by atoms with Crippen molar-refractivity contribution in [3.05, 3.63) is 63.0 Å². The molecule has 0 fully saturated rings. The van der Waals surface area contributed by atoms with Crippen molar-refractivity contribution in [1.29, 1.82) is 0 Å². The lowest BCUT2D eigenvalue weighted by Crippen LogP contribution is -2.28. The number of nitrogens with one attached hydrogen (secondary N) is 1. The van der Waals surface area contributed by atoms with Gasteiger partial charge in [0.1, 0.15) is 6.54 Å². The van der Waals surface area contributed by atoms with E-state index in [0.29, 0.717) is 0 Å². The SMILES string of the molecule is Cc1ccc(Br)cc1NC(=O)Cn1c(=O)n(C)c2ccccc21. The van der Waals surface area contributed by atoms with Gasteiger partial charge in [0, 0.05) is 17.2 Å². The molecule has 3 aromatic rings. The van der Waals surface area contributed by atoms with E-state index in [9.17, 15) is 9.59 Å². The summed E-state index contributed by atoms with van der Waals surface area (Å²) in [7, 11) is 1.71. The second kappa shape index (κ2) is 6.04. The molecule has 0 saturated carbocycles. The first-order valence-corrected chi connectivity index (χ1v) is 7.97. The molecule has 1 heterocycles. The predicted octanol–water partition coefficient (Wildman–Crippen LogP) is 3.05. The van der Waals surface area contributed by atoms with Gasteiger partial charge in [0.05, 0.1) is 11.0 Å². The van der Waals surface area contributed by atoms with Crippen LogP contribution in [0.15, 0.2) is 51.7 Å². The number of hydrogen-bond donors (Lipinski definition) is 1. The molecule has 0 aliphatic carbocycles. The van der Waals surface area contributed by atoms with Gasteiger partial charge in [-0.1, -0.05) is 34.1 Å². The van der Waals surface area contributed by atoms with Crippen LogP contribution in [0.25, 0.3) is 11.0 Å². The molecule has 1 N–H and O–H groups in total. The lowest BCUT2D eigenvalue weighted by Gasteiger charge is -2.09. The molecule has 0 radical (unpaired) electrons. The number of carbonyl (C=O) groups excluding carboxylic acids is 1. The fraction of sp³-hybridized carbons (Fsp3) is 0.176. The van der Waals surface area contributed by atoms with Crippen molar-refractivity contribution in [2.24, 2.45) is 7.05 Å². The average molecular weight is 374 g/mol. The molecule has 0 bridgehead atoms. The quantitative estimate of drug-likeness (QED) is 0.766. The van der Waals surface area contributed by atoms with Crippen LogP contribution in [0.2, 0.25) is 0 Å². The number of hydrogen-bond acceptors (Lipinski definition) is 2. The molecule has 118 valence electrons. The van der Waals surface area contributed by atoms with E-state index in [0.717, 1.165) is 26.8 Å². The summed E-state index contributed by atoms with van der Waals surface area (Å²) in [4.78, 5) is 24.7. The summed E-state index contributed by atoms with van der Waals surface area (Å²) in [6.07, 6.45) is 0. The molecule has 0 atom stereocenters. The van der Waals surface area contributed by atoms with Crippen LogP contribution >= 0.6 is 15.9 Å². The molecule has 5 nitrogen and oxygen atoms in total. The molecule has 1 aromatic heterocycles. The van der Waals surface area contributed by atoms with Gasteiger partial charge in [0.2, 0.25) is 5.91 Å². The number of halogens is 1. The maximum absolute atomic E-state index is 12.4. The molecule has 0 aliphatic heterocycles. The minimum absolute atomic E-state index is 0.0217. The predicted molar refractivity (Wildman–Crippen MR) is 94.7 cm³/mol. The number of nitrogens with zero attached hydrogens (tertiary/aromatic N) is 2. The molecule has 0 aliphatic rings. The Morgan fingerprint density at radius 2 is 1.87 bits per heavy atom. The van der Waals surface area contributed by atoms with Crippen LogP contribution in [0.3, 0.4) is 0 Å². The lowest BCUT2D eigenvalue weighted by atomic mass is 10.2. The Balaban J connectivity index is 1.91. The van der Waals surface area contributed by atoms with E-state index in [1.54, 1.807) is 11.6 Å². The van der Waals surface area contributed by atoms with Crippen molar-refractivity contribution in [1.82, 2.24) is 9.13 Å². The second-order valence-corrected chi connectivity index (χ2v) is 6.34. The largest absolute Gasteiger partial charge is 0.329 e. The highest BCUT2D eigenvalue weighted by Crippen LogP contribution is 2.20. The van der Waals surface area contributed by atoms with Crippen molar-refractivity contribution in [3.63, 3.8) is 0 Å². The summed E-state index contributed by atoms with van der Waals surface area (Å²) in [5.74, 6) is -0.232. The minimum atomic E-state index is -0.232. The highest BCUT2D eigenvalue weighted by molar-refractivity contribution is 9.10. The molecule has 1 amide bonds. The van der Waals surface area contributed by atoms with Gasteiger partial charge in [-0.2, -0.15) is 0 Å². The highest BCUT2D eigenvalue weighted by atomic mass is 79.9. The third kappa shape index (κ3) is 2.94. The smallest absolute Gasteiger partial charge is 0.324 e. The standard InChI is InChI=1S/C17H16BrN3O2/c1-11-7-8-12(18)9-13(11)19-16(22)10-21-15-6-4-3-5-14(15)20(2)17(21)23/h3-9H,10H2,1-2H3,(H,19,22). The molecular formula is C17H16BrN3O2. The van der Waals surface area contributed by atoms with Crippen LogP contribution < -0.4 is 11.0 Å². The second-order valence-electron chi connectivity index (χ2n) is 5.42. The molecule has 0 unspecified atom stereocenters. The van der Waals surface area contributed by atoms with E-state index in [2.05, 4.69) is 21.2 Å². The summed E-state index contributed by atoms with van der Waals surface area (Å²) in [6.45, 7) is 1.90. The van der Waals surface area contributed by atoms with Gasteiger partial charge in [-0.15, -0.1) is 0 Å². The van der Waals surface area contributed by atoms with Gasteiger partial charge in [0.25, 0.3) is 0 Å². The van der Waals surface area contributed by atoms with E-state index < -0.39 is 0 Å². The number of aryl methyl sites for hydroxylation is 2. The van der Waals surface area contributed by atoms with E-state index >= 15 is 0 Å². The van der Waals surface area contributed by atoms with E-state index in [1.807, 2.05) is 49.4 Å². The maximum atomic E-state index is 12.4. The zero-order valence-electron chi connectivity index (χ0n) is 12.8. The summed E-state index contributed by atoms with van der Waals surface area (Å²) in [5.41, 5.74) is 3.06. The average Bonchev–Trinajstić information content (AvgIpc) is 2.76. The van der Waals surface area contributed by atoms with E-state index in [1.165, 1.54) is 4.57 Å². The third-order valence-corrected chi connectivity index (χ3v) is 4.32. The van der Waals surface area contributed by atoms with E-state index in [4.69, 9.17) is 0 Å². The normalized spacial score (nSPS) is 10.9. The fourth-order valence-electron chi connectivity index (χ4n) is 2.58. The summed E-state index contributed by atoms with van der Waals surface area (Å²) in [6, 6.07) is 13.1. The molecule has 0 saturated heterocycles. The zero-order valence-corrected chi connectivity index (χ0v) is 14.4. The van der Waals surface area contributed by atoms with Crippen molar-refractivity contribution >= 4 is 38.6 Å². The van der Waals surface area contributed by atoms with Crippen LogP contribution in [-0.2, 0) is 18.4 Å². The first-order valence-electron chi connectivity index (χ1n) is 7.17. The number of benzene rings is 2. The minimum Gasteiger partial charge on any atom is -0.324 e. The lowest BCUT2D eigenvalue weighted by molar-refractivity contribution is -0.116. The monoisotopic (exact) mass is 373 g/mol. The number of carbonyl (C=O) groups is 1. The number of aromatic nitrogens is 2. The Bertz CT molecular complexity index is 956. The van der Waals surface area contributed by atoms with Crippen LogP contribution in [0.4, 0.5) is 5.69 Å². The van der Waals surface area contributed by atoms with Crippen LogP contribution in [0, 0.1) is 6.92 Å². The van der Waals surface area contributed by atoms with Crippen LogP contribution in [0.5, 0.6) is 0 Å². The fourth-order valence-corrected chi connectivity index (χ4v) is 2.94. The number of rotatable bonds is 3. The molecule has 2 aromatic carbocycles. The number of para-hydroxylation sites is 2. The molecule has 6 heteroatoms. The Morgan fingerprint density at radius 3 is 2.61 bits per heavy atom.